The standard InChI is InChI=1S/C24H29N3O5S/c1-4-30-19-13-16(14-20(31-5-2)22(19)32-6-3)23(28)26-24-25-18-8-7-17(15-21(18)33-24)27-9-11-29-12-10-27/h7-8,13-15H,4-6,9-12H2,1-3H3,(H,25,26,28). The van der Waals surface area contributed by atoms with Gasteiger partial charge in [0.2, 0.25) is 5.75 Å². The summed E-state index contributed by atoms with van der Waals surface area (Å²) in [6, 6.07) is 9.52. The first-order valence-electron chi connectivity index (χ1n) is 11.2. The first-order valence-corrected chi connectivity index (χ1v) is 12.1. The largest absolute Gasteiger partial charge is 0.490 e. The number of fused-ring (bicyclic) bond motifs is 1. The molecule has 4 rings (SSSR count). The van der Waals surface area contributed by atoms with Gasteiger partial charge in [-0.2, -0.15) is 0 Å². The molecule has 1 saturated heterocycles. The van der Waals surface area contributed by atoms with Gasteiger partial charge in [0.15, 0.2) is 16.6 Å². The molecule has 1 N–H and O–H groups in total. The van der Waals surface area contributed by atoms with Gasteiger partial charge in [-0.15, -0.1) is 0 Å². The average Bonchev–Trinajstić information content (AvgIpc) is 3.23. The molecule has 1 amide bonds. The first kappa shape index (κ1) is 23.1. The van der Waals surface area contributed by atoms with Crippen LogP contribution in [-0.4, -0.2) is 57.0 Å². The zero-order valence-electron chi connectivity index (χ0n) is 19.2. The highest BCUT2D eigenvalue weighted by Crippen LogP contribution is 2.39. The number of anilines is 2. The van der Waals surface area contributed by atoms with Gasteiger partial charge in [0.25, 0.3) is 5.91 Å². The van der Waals surface area contributed by atoms with Crippen molar-refractivity contribution in [3.8, 4) is 17.2 Å². The molecule has 1 aliphatic rings. The fourth-order valence-corrected chi connectivity index (χ4v) is 4.57. The lowest BCUT2D eigenvalue weighted by molar-refractivity contribution is 0.102. The molecule has 0 bridgehead atoms. The lowest BCUT2D eigenvalue weighted by Crippen LogP contribution is -2.36. The van der Waals surface area contributed by atoms with E-state index in [1.165, 1.54) is 11.3 Å². The number of nitrogens with zero attached hydrogens (tertiary/aromatic N) is 2. The van der Waals surface area contributed by atoms with Crippen LogP contribution in [0.5, 0.6) is 17.2 Å². The van der Waals surface area contributed by atoms with Crippen LogP contribution in [0, 0.1) is 0 Å². The Hall–Kier alpha value is -3.04. The van der Waals surface area contributed by atoms with E-state index in [1.54, 1.807) is 12.1 Å². The third-order valence-corrected chi connectivity index (χ3v) is 6.07. The lowest BCUT2D eigenvalue weighted by Gasteiger charge is -2.28. The van der Waals surface area contributed by atoms with Crippen LogP contribution in [0.15, 0.2) is 30.3 Å². The number of carbonyl (C=O) groups excluding carboxylic acids is 1. The highest BCUT2D eigenvalue weighted by molar-refractivity contribution is 7.22. The van der Waals surface area contributed by atoms with Gasteiger partial charge in [-0.1, -0.05) is 11.3 Å². The van der Waals surface area contributed by atoms with E-state index in [0.717, 1.165) is 42.2 Å². The Morgan fingerprint density at radius 2 is 1.70 bits per heavy atom. The molecule has 3 aromatic rings. The van der Waals surface area contributed by atoms with Crippen LogP contribution < -0.4 is 24.4 Å². The first-order chi connectivity index (χ1) is 16.1. The molecule has 0 radical (unpaired) electrons. The summed E-state index contributed by atoms with van der Waals surface area (Å²) in [5.41, 5.74) is 2.41. The molecule has 9 heteroatoms. The van der Waals surface area contributed by atoms with Gasteiger partial charge in [-0.05, 0) is 51.1 Å². The van der Waals surface area contributed by atoms with E-state index in [2.05, 4.69) is 27.3 Å². The Bertz CT molecular complexity index is 1080. The van der Waals surface area contributed by atoms with E-state index in [9.17, 15) is 4.79 Å². The minimum Gasteiger partial charge on any atom is -0.490 e. The van der Waals surface area contributed by atoms with Crippen LogP contribution in [0.1, 0.15) is 31.1 Å². The summed E-state index contributed by atoms with van der Waals surface area (Å²) in [5, 5.41) is 3.46. The third-order valence-electron chi connectivity index (χ3n) is 5.14. The number of hydrogen-bond acceptors (Lipinski definition) is 8. The van der Waals surface area contributed by atoms with E-state index < -0.39 is 0 Å². The summed E-state index contributed by atoms with van der Waals surface area (Å²) in [5.74, 6) is 1.19. The van der Waals surface area contributed by atoms with Crippen molar-refractivity contribution in [1.82, 2.24) is 4.98 Å². The summed E-state index contributed by atoms with van der Waals surface area (Å²) in [6.07, 6.45) is 0. The minimum absolute atomic E-state index is 0.285. The zero-order valence-corrected chi connectivity index (χ0v) is 20.0. The lowest BCUT2D eigenvalue weighted by atomic mass is 10.1. The number of ether oxygens (including phenoxy) is 4. The van der Waals surface area contributed by atoms with E-state index in [4.69, 9.17) is 18.9 Å². The Balaban J connectivity index is 1.57. The smallest absolute Gasteiger partial charge is 0.257 e. The Morgan fingerprint density at radius 3 is 2.33 bits per heavy atom. The molecule has 1 aliphatic heterocycles. The van der Waals surface area contributed by atoms with Crippen LogP contribution in [0.25, 0.3) is 10.2 Å². The second-order valence-electron chi connectivity index (χ2n) is 7.33. The average molecular weight is 472 g/mol. The van der Waals surface area contributed by atoms with Crippen LogP contribution in [0.4, 0.5) is 10.8 Å². The predicted octanol–water partition coefficient (Wildman–Crippen LogP) is 4.58. The SMILES string of the molecule is CCOc1cc(C(=O)Nc2nc3ccc(N4CCOCC4)cc3s2)cc(OCC)c1OCC. The number of aromatic nitrogens is 1. The Kier molecular flexibility index (Phi) is 7.51. The van der Waals surface area contributed by atoms with E-state index >= 15 is 0 Å². The maximum atomic E-state index is 13.1. The van der Waals surface area contributed by atoms with Gasteiger partial charge in [-0.3, -0.25) is 10.1 Å². The number of benzene rings is 2. The van der Waals surface area contributed by atoms with E-state index in [0.29, 0.717) is 47.8 Å². The van der Waals surface area contributed by atoms with Gasteiger partial charge in [0.1, 0.15) is 0 Å². The fourth-order valence-electron chi connectivity index (χ4n) is 3.67. The maximum Gasteiger partial charge on any atom is 0.257 e. The number of nitrogens with one attached hydrogen (secondary N) is 1. The van der Waals surface area contributed by atoms with Gasteiger partial charge in [0.05, 0.1) is 43.3 Å². The monoisotopic (exact) mass is 471 g/mol. The maximum absolute atomic E-state index is 13.1. The summed E-state index contributed by atoms with van der Waals surface area (Å²) < 4.78 is 23.6. The molecule has 33 heavy (non-hydrogen) atoms. The van der Waals surface area contributed by atoms with Gasteiger partial charge >= 0.3 is 0 Å². The molecular formula is C24H29N3O5S. The molecule has 1 fully saturated rings. The summed E-state index contributed by atoms with van der Waals surface area (Å²) in [4.78, 5) is 20.0. The van der Waals surface area contributed by atoms with Crippen LogP contribution in [0.3, 0.4) is 0 Å². The molecule has 0 spiro atoms. The van der Waals surface area contributed by atoms with Crippen LogP contribution in [-0.2, 0) is 4.74 Å². The molecule has 0 saturated carbocycles. The van der Waals surface area contributed by atoms with Crippen molar-refractivity contribution in [3.05, 3.63) is 35.9 Å². The van der Waals surface area contributed by atoms with Gasteiger partial charge in [0, 0.05) is 24.3 Å². The van der Waals surface area contributed by atoms with Crippen molar-refractivity contribution in [1.29, 1.82) is 0 Å². The fraction of sp³-hybridized carbons (Fsp3) is 0.417. The molecule has 8 nitrogen and oxygen atoms in total. The molecular weight excluding hydrogens is 442 g/mol. The molecule has 0 unspecified atom stereocenters. The zero-order chi connectivity index (χ0) is 23.2. The van der Waals surface area contributed by atoms with Crippen molar-refractivity contribution >= 4 is 38.3 Å². The third kappa shape index (κ3) is 5.31. The summed E-state index contributed by atoms with van der Waals surface area (Å²) in [6.45, 7) is 10.2. The molecule has 0 atom stereocenters. The minimum atomic E-state index is -0.285. The molecule has 1 aromatic heterocycles. The highest BCUT2D eigenvalue weighted by Gasteiger charge is 2.20. The van der Waals surface area contributed by atoms with Crippen molar-refractivity contribution in [3.63, 3.8) is 0 Å². The normalized spacial score (nSPS) is 13.7. The van der Waals surface area contributed by atoms with Crippen LogP contribution >= 0.6 is 11.3 Å². The number of amides is 1. The van der Waals surface area contributed by atoms with Crippen molar-refractivity contribution in [2.45, 2.75) is 20.8 Å². The molecule has 2 aromatic carbocycles. The number of rotatable bonds is 9. The second kappa shape index (κ2) is 10.7. The number of hydrogen-bond donors (Lipinski definition) is 1. The van der Waals surface area contributed by atoms with Gasteiger partial charge < -0.3 is 23.8 Å². The van der Waals surface area contributed by atoms with Gasteiger partial charge in [-0.25, -0.2) is 4.98 Å². The summed E-state index contributed by atoms with van der Waals surface area (Å²) in [7, 11) is 0. The molecule has 0 aliphatic carbocycles. The highest BCUT2D eigenvalue weighted by atomic mass is 32.1. The topological polar surface area (TPSA) is 82.2 Å². The molecule has 2 heterocycles. The quantitative estimate of drug-likeness (QED) is 0.489. The summed E-state index contributed by atoms with van der Waals surface area (Å²) >= 11 is 1.45. The number of thiazole rings is 1. The van der Waals surface area contributed by atoms with E-state index in [-0.39, 0.29) is 5.91 Å². The van der Waals surface area contributed by atoms with Crippen molar-refractivity contribution in [2.75, 3.05) is 56.3 Å². The predicted molar refractivity (Wildman–Crippen MR) is 131 cm³/mol. The van der Waals surface area contributed by atoms with Crippen LogP contribution in [0.2, 0.25) is 0 Å². The Morgan fingerprint density at radius 1 is 1.03 bits per heavy atom. The Labute approximate surface area is 197 Å². The second-order valence-corrected chi connectivity index (χ2v) is 8.36. The number of carbonyl (C=O) groups is 1. The number of morpholine rings is 1. The van der Waals surface area contributed by atoms with E-state index in [1.807, 2.05) is 26.8 Å². The molecule has 176 valence electrons. The van der Waals surface area contributed by atoms with Crippen molar-refractivity contribution < 1.29 is 23.7 Å². The van der Waals surface area contributed by atoms with Crippen molar-refractivity contribution in [2.24, 2.45) is 0 Å².